The van der Waals surface area contributed by atoms with Gasteiger partial charge in [0, 0.05) is 11.3 Å². The van der Waals surface area contributed by atoms with E-state index < -0.39 is 0 Å². The monoisotopic (exact) mass is 389 g/mol. The summed E-state index contributed by atoms with van der Waals surface area (Å²) in [5, 5.41) is 11.5. The number of carbonyl (C=O) groups excluding carboxylic acids is 1. The number of amides is 1. The highest BCUT2D eigenvalue weighted by Gasteiger charge is 2.12. The van der Waals surface area contributed by atoms with E-state index in [0.29, 0.717) is 27.6 Å². The number of hydrogen-bond acceptors (Lipinski definition) is 6. The van der Waals surface area contributed by atoms with Crippen LogP contribution in [-0.4, -0.2) is 29.0 Å². The summed E-state index contributed by atoms with van der Waals surface area (Å²) in [7, 11) is 1.53. The van der Waals surface area contributed by atoms with Gasteiger partial charge in [-0.3, -0.25) is 4.79 Å². The number of benzene rings is 2. The van der Waals surface area contributed by atoms with Crippen molar-refractivity contribution in [3.05, 3.63) is 53.1 Å². The summed E-state index contributed by atoms with van der Waals surface area (Å²) in [6.07, 6.45) is 0. The maximum absolute atomic E-state index is 12.1. The van der Waals surface area contributed by atoms with Crippen LogP contribution in [0.15, 0.2) is 52.1 Å². The molecule has 1 heterocycles. The second-order valence-electron chi connectivity index (χ2n) is 5.43. The number of ether oxygens (including phenoxy) is 1. The Morgan fingerprint density at radius 3 is 2.69 bits per heavy atom. The molecule has 0 aliphatic heterocycles. The number of hydrogen-bond donors (Lipinski definition) is 1. The van der Waals surface area contributed by atoms with Crippen molar-refractivity contribution in [2.45, 2.75) is 12.1 Å². The maximum Gasteiger partial charge on any atom is 0.277 e. The minimum absolute atomic E-state index is 0.138. The summed E-state index contributed by atoms with van der Waals surface area (Å²) in [5.74, 6) is 0.911. The third kappa shape index (κ3) is 4.56. The van der Waals surface area contributed by atoms with Crippen molar-refractivity contribution in [2.24, 2.45) is 0 Å². The SMILES string of the molecule is COc1ccc(NC(=O)CSc2nnc(-c3ccc(C)cc3)o2)cc1Cl. The predicted molar refractivity (Wildman–Crippen MR) is 102 cm³/mol. The molecular formula is C18H16ClN3O3S. The molecule has 134 valence electrons. The van der Waals surface area contributed by atoms with Crippen LogP contribution in [0.3, 0.4) is 0 Å². The molecule has 3 aromatic rings. The number of nitrogens with zero attached hydrogens (tertiary/aromatic N) is 2. The molecule has 0 atom stereocenters. The number of aromatic nitrogens is 2. The van der Waals surface area contributed by atoms with E-state index in [2.05, 4.69) is 15.5 Å². The predicted octanol–water partition coefficient (Wildman–Crippen LogP) is 4.44. The van der Waals surface area contributed by atoms with Gasteiger partial charge >= 0.3 is 0 Å². The van der Waals surface area contributed by atoms with Gasteiger partial charge in [-0.05, 0) is 37.3 Å². The summed E-state index contributed by atoms with van der Waals surface area (Å²) >= 11 is 7.21. The highest BCUT2D eigenvalue weighted by Crippen LogP contribution is 2.28. The molecule has 8 heteroatoms. The summed E-state index contributed by atoms with van der Waals surface area (Å²) in [5.41, 5.74) is 2.58. The molecule has 2 aromatic carbocycles. The summed E-state index contributed by atoms with van der Waals surface area (Å²) in [6, 6.07) is 12.8. The van der Waals surface area contributed by atoms with E-state index in [1.807, 2.05) is 31.2 Å². The molecule has 0 saturated heterocycles. The van der Waals surface area contributed by atoms with Gasteiger partial charge in [0.05, 0.1) is 17.9 Å². The Hall–Kier alpha value is -2.51. The van der Waals surface area contributed by atoms with E-state index >= 15 is 0 Å². The van der Waals surface area contributed by atoms with Crippen molar-refractivity contribution >= 4 is 35.0 Å². The Balaban J connectivity index is 1.56. The van der Waals surface area contributed by atoms with Gasteiger partial charge in [0.1, 0.15) is 5.75 Å². The number of anilines is 1. The molecule has 0 unspecified atom stereocenters. The summed E-state index contributed by atoms with van der Waals surface area (Å²) in [6.45, 7) is 2.01. The van der Waals surface area contributed by atoms with E-state index in [0.717, 1.165) is 11.1 Å². The average Bonchev–Trinajstić information content (AvgIpc) is 3.10. The lowest BCUT2D eigenvalue weighted by molar-refractivity contribution is -0.113. The van der Waals surface area contributed by atoms with Gasteiger partial charge in [-0.2, -0.15) is 0 Å². The molecule has 3 rings (SSSR count). The Kier molecular flexibility index (Phi) is 5.80. The van der Waals surface area contributed by atoms with Crippen molar-refractivity contribution in [1.82, 2.24) is 10.2 Å². The summed E-state index contributed by atoms with van der Waals surface area (Å²) < 4.78 is 10.7. The highest BCUT2D eigenvalue weighted by atomic mass is 35.5. The first kappa shape index (κ1) is 18.3. The van der Waals surface area contributed by atoms with Gasteiger partial charge in [-0.15, -0.1) is 10.2 Å². The van der Waals surface area contributed by atoms with Crippen molar-refractivity contribution < 1.29 is 13.9 Å². The van der Waals surface area contributed by atoms with Crippen LogP contribution in [0, 0.1) is 6.92 Å². The van der Waals surface area contributed by atoms with Crippen molar-refractivity contribution in [3.63, 3.8) is 0 Å². The van der Waals surface area contributed by atoms with E-state index in [-0.39, 0.29) is 11.7 Å². The van der Waals surface area contributed by atoms with E-state index in [9.17, 15) is 4.79 Å². The minimum atomic E-state index is -0.202. The smallest absolute Gasteiger partial charge is 0.277 e. The average molecular weight is 390 g/mol. The maximum atomic E-state index is 12.1. The number of methoxy groups -OCH3 is 1. The zero-order valence-corrected chi connectivity index (χ0v) is 15.7. The standard InChI is InChI=1S/C18H16ClN3O3S/c1-11-3-5-12(6-4-11)17-21-22-18(25-17)26-10-16(23)20-13-7-8-15(24-2)14(19)9-13/h3-9H,10H2,1-2H3,(H,20,23). The molecule has 1 N–H and O–H groups in total. The van der Waals surface area contributed by atoms with Crippen LogP contribution in [0.1, 0.15) is 5.56 Å². The molecule has 26 heavy (non-hydrogen) atoms. The van der Waals surface area contributed by atoms with Crippen molar-refractivity contribution in [3.8, 4) is 17.2 Å². The molecular weight excluding hydrogens is 374 g/mol. The van der Waals surface area contributed by atoms with Crippen LogP contribution in [0.5, 0.6) is 5.75 Å². The van der Waals surface area contributed by atoms with Crippen LogP contribution in [0.2, 0.25) is 5.02 Å². The molecule has 1 amide bonds. The molecule has 0 spiro atoms. The van der Waals surface area contributed by atoms with Crippen LogP contribution in [-0.2, 0) is 4.79 Å². The molecule has 0 saturated carbocycles. The van der Waals surface area contributed by atoms with Gasteiger partial charge < -0.3 is 14.5 Å². The van der Waals surface area contributed by atoms with E-state index in [4.69, 9.17) is 20.8 Å². The molecule has 6 nitrogen and oxygen atoms in total. The van der Waals surface area contributed by atoms with Gasteiger partial charge in [0.25, 0.3) is 5.22 Å². The van der Waals surface area contributed by atoms with Gasteiger partial charge in [-0.1, -0.05) is 41.1 Å². The fraction of sp³-hybridized carbons (Fsp3) is 0.167. The largest absolute Gasteiger partial charge is 0.495 e. The first-order valence-corrected chi connectivity index (χ1v) is 9.08. The van der Waals surface area contributed by atoms with E-state index in [1.54, 1.807) is 18.2 Å². The molecule has 1 aromatic heterocycles. The van der Waals surface area contributed by atoms with Crippen molar-refractivity contribution in [2.75, 3.05) is 18.2 Å². The molecule has 0 bridgehead atoms. The van der Waals surface area contributed by atoms with Crippen LogP contribution in [0.4, 0.5) is 5.69 Å². The third-order valence-corrected chi connectivity index (χ3v) is 4.58. The highest BCUT2D eigenvalue weighted by molar-refractivity contribution is 7.99. The van der Waals surface area contributed by atoms with Gasteiger partial charge in [0.15, 0.2) is 0 Å². The first-order chi connectivity index (χ1) is 12.5. The number of thioether (sulfide) groups is 1. The fourth-order valence-electron chi connectivity index (χ4n) is 2.15. The van der Waals surface area contributed by atoms with E-state index in [1.165, 1.54) is 18.9 Å². The topological polar surface area (TPSA) is 77.2 Å². The Morgan fingerprint density at radius 1 is 1.23 bits per heavy atom. The molecule has 0 radical (unpaired) electrons. The number of nitrogens with one attached hydrogen (secondary N) is 1. The zero-order valence-electron chi connectivity index (χ0n) is 14.2. The second kappa shape index (κ2) is 8.25. The Bertz CT molecular complexity index is 912. The number of rotatable bonds is 6. The normalized spacial score (nSPS) is 10.6. The lowest BCUT2D eigenvalue weighted by Gasteiger charge is -2.07. The lowest BCUT2D eigenvalue weighted by Crippen LogP contribution is -2.14. The quantitative estimate of drug-likeness (QED) is 0.628. The minimum Gasteiger partial charge on any atom is -0.495 e. The lowest BCUT2D eigenvalue weighted by atomic mass is 10.1. The Labute approximate surface area is 159 Å². The number of carbonyl (C=O) groups is 1. The number of halogens is 1. The third-order valence-electron chi connectivity index (χ3n) is 3.47. The molecule has 0 aliphatic carbocycles. The van der Waals surface area contributed by atoms with Crippen LogP contribution < -0.4 is 10.1 Å². The van der Waals surface area contributed by atoms with Crippen LogP contribution >= 0.6 is 23.4 Å². The zero-order chi connectivity index (χ0) is 18.5. The van der Waals surface area contributed by atoms with Gasteiger partial charge in [-0.25, -0.2) is 0 Å². The second-order valence-corrected chi connectivity index (χ2v) is 6.76. The molecule has 0 fully saturated rings. The van der Waals surface area contributed by atoms with Crippen LogP contribution in [0.25, 0.3) is 11.5 Å². The Morgan fingerprint density at radius 2 is 2.00 bits per heavy atom. The number of aryl methyl sites for hydroxylation is 1. The van der Waals surface area contributed by atoms with Crippen molar-refractivity contribution in [1.29, 1.82) is 0 Å². The van der Waals surface area contributed by atoms with Gasteiger partial charge in [0.2, 0.25) is 11.8 Å². The molecule has 0 aliphatic rings. The summed E-state index contributed by atoms with van der Waals surface area (Å²) in [4.78, 5) is 12.1. The first-order valence-electron chi connectivity index (χ1n) is 7.72. The fourth-order valence-corrected chi connectivity index (χ4v) is 2.97.